The first kappa shape index (κ1) is 12.6. The van der Waals surface area contributed by atoms with Crippen molar-refractivity contribution in [2.45, 2.75) is 20.3 Å². The van der Waals surface area contributed by atoms with Crippen LogP contribution in [0.1, 0.15) is 19.4 Å². The van der Waals surface area contributed by atoms with Crippen molar-refractivity contribution in [1.82, 2.24) is 4.98 Å². The summed E-state index contributed by atoms with van der Waals surface area (Å²) in [6.45, 7) is 7.06. The van der Waals surface area contributed by atoms with Crippen LogP contribution in [0.15, 0.2) is 17.2 Å². The Bertz CT molecular complexity index is 538. The molecule has 0 saturated carbocycles. The van der Waals surface area contributed by atoms with Gasteiger partial charge in [0, 0.05) is 33.4 Å². The molecule has 0 atom stereocenters. The highest BCUT2D eigenvalue weighted by atomic mass is 28.1. The molecule has 0 unspecified atom stereocenters. The molecule has 0 radical (unpaired) electrons. The molecule has 1 N–H and O–H groups in total. The first-order chi connectivity index (χ1) is 7.41. The lowest BCUT2D eigenvalue weighted by molar-refractivity contribution is -0.116. The zero-order valence-electron chi connectivity index (χ0n) is 9.86. The molecule has 1 aromatic heterocycles. The van der Waals surface area contributed by atoms with Crippen LogP contribution in [-0.4, -0.2) is 21.0 Å². The van der Waals surface area contributed by atoms with Crippen LogP contribution < -0.4 is 10.6 Å². The number of rotatable bonds is 3. The predicted octanol–water partition coefficient (Wildman–Crippen LogP) is -0.0966. The summed E-state index contributed by atoms with van der Waals surface area (Å²) in [4.78, 5) is 14.0. The van der Waals surface area contributed by atoms with Gasteiger partial charge in [-0.15, -0.1) is 0 Å². The number of aromatic amines is 1. The van der Waals surface area contributed by atoms with Crippen molar-refractivity contribution >= 4 is 28.7 Å². The highest BCUT2D eigenvalue weighted by Crippen LogP contribution is 2.03. The molecule has 2 nitrogen and oxygen atoms in total. The molecule has 16 heavy (non-hydrogen) atoms. The van der Waals surface area contributed by atoms with E-state index >= 15 is 0 Å². The zero-order valence-corrected chi connectivity index (χ0v) is 11.9. The molecule has 1 aromatic rings. The molecule has 0 fully saturated rings. The Labute approximate surface area is 97.0 Å². The fraction of sp³-hybridized carbons (Fsp3) is 0.250. The quantitative estimate of drug-likeness (QED) is 0.732. The molecule has 0 bridgehead atoms. The number of Topliss-reactive ketones (excluding diaryl/α,β-unsaturated/α-hetero) is 1. The van der Waals surface area contributed by atoms with Gasteiger partial charge in [0.2, 0.25) is 0 Å². The normalized spacial score (nSPS) is 14.1. The number of hydrogen-bond acceptors (Lipinski definition) is 1. The second-order valence-electron chi connectivity index (χ2n) is 4.08. The van der Waals surface area contributed by atoms with Crippen molar-refractivity contribution in [2.24, 2.45) is 0 Å². The van der Waals surface area contributed by atoms with Crippen LogP contribution in [0.4, 0.5) is 4.39 Å². The maximum Gasteiger partial charge on any atom is 0.134 e. The van der Waals surface area contributed by atoms with E-state index < -0.39 is 0 Å². The van der Waals surface area contributed by atoms with E-state index in [-0.39, 0.29) is 11.6 Å². The van der Waals surface area contributed by atoms with Crippen molar-refractivity contribution in [2.75, 3.05) is 0 Å². The molecule has 0 spiro atoms. The van der Waals surface area contributed by atoms with Gasteiger partial charge < -0.3 is 4.98 Å². The minimum Gasteiger partial charge on any atom is -0.361 e. The Balaban J connectivity index is 3.33. The van der Waals surface area contributed by atoms with E-state index in [1.807, 2.05) is 0 Å². The van der Waals surface area contributed by atoms with E-state index in [4.69, 9.17) is 0 Å². The van der Waals surface area contributed by atoms with Gasteiger partial charge in [0.25, 0.3) is 0 Å². The molecule has 0 aliphatic rings. The number of H-pyrrole nitrogens is 1. The molecule has 86 valence electrons. The number of ketones is 1. The van der Waals surface area contributed by atoms with Crippen LogP contribution in [-0.2, 0) is 11.2 Å². The molecule has 0 aromatic carbocycles. The van der Waals surface area contributed by atoms with Crippen LogP contribution >= 0.6 is 0 Å². The lowest BCUT2D eigenvalue weighted by Crippen LogP contribution is -2.24. The molecule has 0 saturated heterocycles. The number of hydrogen-bond donors (Lipinski definition) is 1. The minimum atomic E-state index is -0.221. The number of nitrogens with one attached hydrogen (secondary N) is 1. The van der Waals surface area contributed by atoms with Crippen molar-refractivity contribution in [3.05, 3.63) is 33.4 Å². The number of aromatic nitrogens is 1. The summed E-state index contributed by atoms with van der Waals surface area (Å²) in [6, 6.07) is 0. The van der Waals surface area contributed by atoms with Gasteiger partial charge in [-0.1, -0.05) is 11.8 Å². The van der Waals surface area contributed by atoms with Gasteiger partial charge in [-0.2, -0.15) is 0 Å². The average molecular weight is 237 g/mol. The first-order valence-corrected chi connectivity index (χ1v) is 6.11. The molecular formula is C12H16FNOSi. The summed E-state index contributed by atoms with van der Waals surface area (Å²) in [5, 5.41) is 2.09. The minimum absolute atomic E-state index is 0.0561. The van der Waals surface area contributed by atoms with Crippen LogP contribution in [0.2, 0.25) is 0 Å². The van der Waals surface area contributed by atoms with E-state index in [2.05, 4.69) is 11.6 Å². The Morgan fingerprint density at radius 1 is 1.62 bits per heavy atom. The van der Waals surface area contributed by atoms with E-state index in [0.717, 1.165) is 10.8 Å². The molecule has 0 aliphatic heterocycles. The standard InChI is InChI=1S/C12H16FNOSi/c1-7(15)4-10-6-14-8(2)11(10)5-12(13)9(3)16/h5-6,14H,2,4H2,1,3,16H3/b11-5+,12-9-. The van der Waals surface area contributed by atoms with Crippen molar-refractivity contribution < 1.29 is 9.18 Å². The van der Waals surface area contributed by atoms with E-state index in [9.17, 15) is 9.18 Å². The summed E-state index contributed by atoms with van der Waals surface area (Å²) in [6.07, 6.45) is 3.48. The number of carbonyl (C=O) groups is 1. The Kier molecular flexibility index (Phi) is 4.01. The van der Waals surface area contributed by atoms with E-state index in [0.29, 0.717) is 27.2 Å². The van der Waals surface area contributed by atoms with E-state index in [1.165, 1.54) is 13.0 Å². The lowest BCUT2D eigenvalue weighted by atomic mass is 10.1. The maximum atomic E-state index is 13.5. The molecule has 0 aliphatic carbocycles. The highest BCUT2D eigenvalue weighted by molar-refractivity contribution is 6.22. The molecule has 1 heterocycles. The fourth-order valence-corrected chi connectivity index (χ4v) is 1.53. The first-order valence-electron chi connectivity index (χ1n) is 5.11. The molecule has 0 amide bonds. The third-order valence-corrected chi connectivity index (χ3v) is 2.76. The predicted molar refractivity (Wildman–Crippen MR) is 68.2 cm³/mol. The number of carbonyl (C=O) groups excluding carboxylic acids is 1. The van der Waals surface area contributed by atoms with Crippen molar-refractivity contribution in [1.29, 1.82) is 0 Å². The van der Waals surface area contributed by atoms with Crippen LogP contribution in [0.25, 0.3) is 12.7 Å². The summed E-state index contributed by atoms with van der Waals surface area (Å²) in [7, 11) is 0.692. The molecule has 1 rings (SSSR count). The van der Waals surface area contributed by atoms with Crippen LogP contribution in [0, 0.1) is 0 Å². The number of allylic oxidation sites excluding steroid dienone is 2. The Morgan fingerprint density at radius 3 is 2.75 bits per heavy atom. The highest BCUT2D eigenvalue weighted by Gasteiger charge is 2.03. The van der Waals surface area contributed by atoms with Gasteiger partial charge in [-0.05, 0) is 25.5 Å². The second-order valence-corrected chi connectivity index (χ2v) is 5.58. The topological polar surface area (TPSA) is 32.9 Å². The van der Waals surface area contributed by atoms with Gasteiger partial charge in [0.05, 0.1) is 0 Å². The maximum absolute atomic E-state index is 13.5. The van der Waals surface area contributed by atoms with Crippen molar-refractivity contribution in [3.8, 4) is 0 Å². The second kappa shape index (κ2) is 5.07. The Hall–Kier alpha value is -1.42. The van der Waals surface area contributed by atoms with Gasteiger partial charge in [-0.25, -0.2) is 4.39 Å². The third kappa shape index (κ3) is 3.03. The van der Waals surface area contributed by atoms with E-state index in [1.54, 1.807) is 13.1 Å². The monoisotopic (exact) mass is 237 g/mol. The van der Waals surface area contributed by atoms with Gasteiger partial charge in [0.15, 0.2) is 0 Å². The SMILES string of the molecule is C=c1[nH]cc(CC(C)=O)/c1=C/C(F)=C(\C)[SiH3]. The summed E-state index contributed by atoms with van der Waals surface area (Å²) >= 11 is 0. The number of halogens is 1. The molecular weight excluding hydrogens is 221 g/mol. The van der Waals surface area contributed by atoms with Gasteiger partial charge in [0.1, 0.15) is 11.6 Å². The smallest absolute Gasteiger partial charge is 0.134 e. The summed E-state index contributed by atoms with van der Waals surface area (Å²) in [5.41, 5.74) is 0.801. The zero-order chi connectivity index (χ0) is 12.3. The largest absolute Gasteiger partial charge is 0.361 e. The van der Waals surface area contributed by atoms with Crippen LogP contribution in [0.5, 0.6) is 0 Å². The van der Waals surface area contributed by atoms with Gasteiger partial charge >= 0.3 is 0 Å². The fourth-order valence-electron chi connectivity index (χ4n) is 1.39. The van der Waals surface area contributed by atoms with Crippen LogP contribution in [0.3, 0.4) is 0 Å². The average Bonchev–Trinajstić information content (AvgIpc) is 2.48. The lowest BCUT2D eigenvalue weighted by Gasteiger charge is -1.94. The summed E-state index contributed by atoms with van der Waals surface area (Å²) < 4.78 is 13.5. The summed E-state index contributed by atoms with van der Waals surface area (Å²) in [5.74, 6) is -0.165. The van der Waals surface area contributed by atoms with Crippen molar-refractivity contribution in [3.63, 3.8) is 0 Å². The molecule has 4 heteroatoms. The van der Waals surface area contributed by atoms with Gasteiger partial charge in [-0.3, -0.25) is 4.79 Å². The third-order valence-electron chi connectivity index (χ3n) is 2.28. The Morgan fingerprint density at radius 2 is 2.25 bits per heavy atom.